The van der Waals surface area contributed by atoms with Crippen LogP contribution in [0.2, 0.25) is 0 Å². The third kappa shape index (κ3) is 4.91. The smallest absolute Gasteiger partial charge is 0.264 e. The fourth-order valence-electron chi connectivity index (χ4n) is 3.92. The molecule has 0 unspecified atom stereocenters. The van der Waals surface area contributed by atoms with Crippen molar-refractivity contribution in [1.82, 2.24) is 9.55 Å². The summed E-state index contributed by atoms with van der Waals surface area (Å²) in [5, 5.41) is 11.1. The van der Waals surface area contributed by atoms with Crippen LogP contribution in [0.3, 0.4) is 0 Å². The molecule has 0 fully saturated rings. The molecule has 2 heterocycles. The lowest BCUT2D eigenvalue weighted by atomic mass is 10.0. The van der Waals surface area contributed by atoms with Crippen LogP contribution >= 0.6 is 24.0 Å². The number of aromatic nitrogens is 2. The van der Waals surface area contributed by atoms with Crippen LogP contribution in [0, 0.1) is 4.77 Å². The van der Waals surface area contributed by atoms with E-state index in [1.165, 1.54) is 0 Å². The number of unbranched alkanes of at least 4 members (excludes halogenated alkanes) is 1. The fourth-order valence-corrected chi connectivity index (χ4v) is 5.45. The van der Waals surface area contributed by atoms with E-state index < -0.39 is 5.56 Å². The molecule has 1 aliphatic rings. The Morgan fingerprint density at radius 2 is 1.97 bits per heavy atom. The van der Waals surface area contributed by atoms with Gasteiger partial charge < -0.3 is 9.84 Å². The number of aromatic hydroxyl groups is 1. The van der Waals surface area contributed by atoms with Gasteiger partial charge in [0, 0.05) is 28.7 Å². The second kappa shape index (κ2) is 10.4. The van der Waals surface area contributed by atoms with Gasteiger partial charge in [0.25, 0.3) is 5.56 Å². The van der Waals surface area contributed by atoms with Gasteiger partial charge in [-0.3, -0.25) is 19.3 Å². The van der Waals surface area contributed by atoms with Crippen LogP contribution in [0.1, 0.15) is 49.5 Å². The number of aliphatic imine (C=N–C) groups is 1. The summed E-state index contributed by atoms with van der Waals surface area (Å²) in [5.41, 5.74) is 2.09. The molecule has 6 nitrogen and oxygen atoms in total. The number of nitrogens with zero attached hydrogens (tertiary/aromatic N) is 2. The molecular weight excluding hydrogens is 454 g/mol. The highest BCUT2D eigenvalue weighted by molar-refractivity contribution is 7.99. The summed E-state index contributed by atoms with van der Waals surface area (Å²) >= 11 is 7.01. The van der Waals surface area contributed by atoms with Crippen molar-refractivity contribution in [3.8, 4) is 11.6 Å². The van der Waals surface area contributed by atoms with Crippen molar-refractivity contribution in [3.05, 3.63) is 74.8 Å². The molecule has 8 heteroatoms. The van der Waals surface area contributed by atoms with Crippen molar-refractivity contribution >= 4 is 35.4 Å². The van der Waals surface area contributed by atoms with Gasteiger partial charge in [0.2, 0.25) is 5.88 Å². The molecule has 33 heavy (non-hydrogen) atoms. The Hall–Kier alpha value is -2.84. The summed E-state index contributed by atoms with van der Waals surface area (Å²) in [6, 6.07) is 15.8. The summed E-state index contributed by atoms with van der Waals surface area (Å²) in [5.74, 6) is 0.686. The van der Waals surface area contributed by atoms with E-state index in [-0.39, 0.29) is 21.5 Å². The average molecular weight is 482 g/mol. The van der Waals surface area contributed by atoms with Crippen molar-refractivity contribution < 1.29 is 9.84 Å². The number of hydrogen-bond acceptors (Lipinski definition) is 6. The predicted molar refractivity (Wildman–Crippen MR) is 136 cm³/mol. The molecule has 4 rings (SSSR count). The molecular formula is C25H27N3O3S2. The summed E-state index contributed by atoms with van der Waals surface area (Å²) in [4.78, 5) is 21.6. The average Bonchev–Trinajstić information content (AvgIpc) is 2.99. The van der Waals surface area contributed by atoms with Crippen molar-refractivity contribution in [3.63, 3.8) is 0 Å². The van der Waals surface area contributed by atoms with Gasteiger partial charge >= 0.3 is 0 Å². The Morgan fingerprint density at radius 3 is 2.76 bits per heavy atom. The van der Waals surface area contributed by atoms with E-state index in [1.807, 2.05) is 55.5 Å². The van der Waals surface area contributed by atoms with E-state index in [4.69, 9.17) is 21.9 Å². The molecule has 1 atom stereocenters. The summed E-state index contributed by atoms with van der Waals surface area (Å²) in [6.07, 6.45) is 2.23. The summed E-state index contributed by atoms with van der Waals surface area (Å²) in [6.45, 7) is 5.11. The van der Waals surface area contributed by atoms with Crippen LogP contribution in [0.4, 0.5) is 5.69 Å². The minimum Gasteiger partial charge on any atom is -0.494 e. The van der Waals surface area contributed by atoms with Gasteiger partial charge in [-0.25, -0.2) is 0 Å². The highest BCUT2D eigenvalue weighted by atomic mass is 32.2. The number of ether oxygens (including phenoxy) is 1. The molecule has 0 saturated carbocycles. The maximum atomic E-state index is 13.0. The van der Waals surface area contributed by atoms with Gasteiger partial charge in [0.15, 0.2) is 4.77 Å². The quantitative estimate of drug-likeness (QED) is 0.395. The first-order valence-electron chi connectivity index (χ1n) is 11.1. The molecule has 0 saturated heterocycles. The van der Waals surface area contributed by atoms with Crippen LogP contribution in [0.5, 0.6) is 11.6 Å². The second-order valence-corrected chi connectivity index (χ2v) is 9.40. The van der Waals surface area contributed by atoms with E-state index in [0.717, 1.165) is 34.7 Å². The van der Waals surface area contributed by atoms with Gasteiger partial charge in [-0.2, -0.15) is 0 Å². The van der Waals surface area contributed by atoms with Crippen molar-refractivity contribution in [1.29, 1.82) is 0 Å². The molecule has 2 aromatic carbocycles. The van der Waals surface area contributed by atoms with Gasteiger partial charge in [0.1, 0.15) is 11.3 Å². The van der Waals surface area contributed by atoms with Crippen molar-refractivity contribution in [2.24, 2.45) is 4.99 Å². The summed E-state index contributed by atoms with van der Waals surface area (Å²) in [7, 11) is 0. The standard InChI is InChI=1S/C25H27N3O3S2/c1-3-5-14-28-24(30)22(23(29)27-25(28)32)18-15-21(16-10-6-8-12-19(16)31-4-2)33-20-13-9-7-11-17(20)26-18/h6-13,21,30H,3-5,14-15H2,1-2H3,(H,27,29,32)/t21-/m0/s1. The fraction of sp³-hybridized carbons (Fsp3) is 0.320. The first-order chi connectivity index (χ1) is 16.0. The Morgan fingerprint density at radius 1 is 1.21 bits per heavy atom. The number of rotatable bonds is 7. The minimum atomic E-state index is -0.426. The highest BCUT2D eigenvalue weighted by Crippen LogP contribution is 2.47. The zero-order valence-corrected chi connectivity index (χ0v) is 20.3. The predicted octanol–water partition coefficient (Wildman–Crippen LogP) is 6.17. The highest BCUT2D eigenvalue weighted by Gasteiger charge is 2.28. The molecule has 0 spiro atoms. The van der Waals surface area contributed by atoms with E-state index in [0.29, 0.717) is 25.3 Å². The Balaban J connectivity index is 1.88. The lowest BCUT2D eigenvalue weighted by molar-refractivity contribution is 0.336. The van der Waals surface area contributed by atoms with E-state index in [1.54, 1.807) is 16.3 Å². The zero-order valence-electron chi connectivity index (χ0n) is 18.7. The monoisotopic (exact) mass is 481 g/mol. The van der Waals surface area contributed by atoms with Gasteiger partial charge in [-0.15, -0.1) is 11.8 Å². The number of thioether (sulfide) groups is 1. The molecule has 0 aliphatic carbocycles. The van der Waals surface area contributed by atoms with E-state index in [9.17, 15) is 9.90 Å². The SMILES string of the molecule is CCCCn1c(O)c(C2=Nc3ccccc3S[C@H](c3ccccc3OCC)C2)c(=O)[nH]c1=S. The maximum Gasteiger partial charge on any atom is 0.264 e. The van der Waals surface area contributed by atoms with Gasteiger partial charge in [-0.1, -0.05) is 43.7 Å². The first kappa shape index (κ1) is 23.3. The molecule has 1 aromatic heterocycles. The number of aromatic amines is 1. The number of nitrogens with one attached hydrogen (secondary N) is 1. The van der Waals surface area contributed by atoms with Crippen LogP contribution in [0.15, 0.2) is 63.2 Å². The van der Waals surface area contributed by atoms with Crippen LogP contribution in [0.25, 0.3) is 0 Å². The summed E-state index contributed by atoms with van der Waals surface area (Å²) < 4.78 is 7.71. The first-order valence-corrected chi connectivity index (χ1v) is 12.4. The van der Waals surface area contributed by atoms with Crippen molar-refractivity contribution in [2.75, 3.05) is 6.61 Å². The van der Waals surface area contributed by atoms with E-state index in [2.05, 4.69) is 11.9 Å². The van der Waals surface area contributed by atoms with E-state index >= 15 is 0 Å². The number of benzene rings is 2. The number of para-hydroxylation sites is 2. The third-order valence-corrected chi connectivity index (χ3v) is 7.16. The lowest BCUT2D eigenvalue weighted by Gasteiger charge is -2.20. The second-order valence-electron chi connectivity index (χ2n) is 7.77. The molecule has 1 aliphatic heterocycles. The molecule has 0 radical (unpaired) electrons. The van der Waals surface area contributed by atoms with Gasteiger partial charge in [0.05, 0.1) is 18.0 Å². The molecule has 0 amide bonds. The minimum absolute atomic E-state index is 0.0544. The topological polar surface area (TPSA) is 79.6 Å². The van der Waals surface area contributed by atoms with Crippen molar-refractivity contribution in [2.45, 2.75) is 49.8 Å². The Labute approximate surface area is 202 Å². The Kier molecular flexibility index (Phi) is 7.35. The lowest BCUT2D eigenvalue weighted by Crippen LogP contribution is -2.24. The normalized spacial score (nSPS) is 15.5. The zero-order chi connectivity index (χ0) is 23.4. The maximum absolute atomic E-state index is 13.0. The number of fused-ring (bicyclic) bond motifs is 1. The molecule has 3 aromatic rings. The number of hydrogen-bond donors (Lipinski definition) is 2. The Bertz CT molecular complexity index is 1300. The molecule has 172 valence electrons. The third-order valence-electron chi connectivity index (χ3n) is 5.53. The largest absolute Gasteiger partial charge is 0.494 e. The van der Waals surface area contributed by atoms with Crippen LogP contribution in [-0.2, 0) is 6.54 Å². The van der Waals surface area contributed by atoms with Gasteiger partial charge in [-0.05, 0) is 43.8 Å². The molecule has 0 bridgehead atoms. The number of H-pyrrole nitrogens is 1. The molecule has 2 N–H and O–H groups in total. The van der Waals surface area contributed by atoms with Crippen LogP contribution in [-0.4, -0.2) is 27.0 Å². The van der Waals surface area contributed by atoms with Crippen LogP contribution < -0.4 is 10.3 Å².